The Balaban J connectivity index is 1.85. The molecule has 1 aliphatic carbocycles. The predicted molar refractivity (Wildman–Crippen MR) is 55.2 cm³/mol. The fourth-order valence-electron chi connectivity index (χ4n) is 2.78. The number of hydrogen-bond donors (Lipinski definition) is 0. The van der Waals surface area contributed by atoms with Gasteiger partial charge in [-0.2, -0.15) is 0 Å². The van der Waals surface area contributed by atoms with Crippen molar-refractivity contribution in [2.75, 3.05) is 6.61 Å². The van der Waals surface area contributed by atoms with Gasteiger partial charge in [-0.25, -0.2) is 0 Å². The van der Waals surface area contributed by atoms with Gasteiger partial charge in [0.05, 0.1) is 6.10 Å². The van der Waals surface area contributed by atoms with Crippen molar-refractivity contribution in [2.45, 2.75) is 56.9 Å². The second-order valence-corrected chi connectivity index (χ2v) is 5.61. The van der Waals surface area contributed by atoms with Crippen molar-refractivity contribution < 1.29 is 4.74 Å². The molecular weight excluding hydrogens is 184 g/mol. The average molecular weight is 203 g/mol. The standard InChI is InChI=1S/C11H19ClO/c1-11(5-4-9(12)7-11)8-10-3-2-6-13-10/h9-10H,2-8H2,1H3. The lowest BCUT2D eigenvalue weighted by Gasteiger charge is -2.26. The normalized spacial score (nSPS) is 45.7. The molecule has 1 heterocycles. The monoisotopic (exact) mass is 202 g/mol. The molecule has 1 saturated heterocycles. The number of halogens is 1. The summed E-state index contributed by atoms with van der Waals surface area (Å²) in [6.45, 7) is 3.35. The van der Waals surface area contributed by atoms with Crippen molar-refractivity contribution in [1.29, 1.82) is 0 Å². The quantitative estimate of drug-likeness (QED) is 0.624. The van der Waals surface area contributed by atoms with Gasteiger partial charge in [-0.1, -0.05) is 6.92 Å². The Morgan fingerprint density at radius 2 is 2.31 bits per heavy atom. The molecule has 76 valence electrons. The van der Waals surface area contributed by atoms with Crippen LogP contribution in [-0.2, 0) is 4.74 Å². The van der Waals surface area contributed by atoms with Crippen LogP contribution in [0.4, 0.5) is 0 Å². The van der Waals surface area contributed by atoms with E-state index in [2.05, 4.69) is 6.92 Å². The van der Waals surface area contributed by atoms with Gasteiger partial charge in [0.25, 0.3) is 0 Å². The van der Waals surface area contributed by atoms with Gasteiger partial charge in [-0.05, 0) is 43.9 Å². The highest BCUT2D eigenvalue weighted by molar-refractivity contribution is 6.20. The first-order valence-electron chi connectivity index (χ1n) is 5.44. The summed E-state index contributed by atoms with van der Waals surface area (Å²) in [5.74, 6) is 0. The summed E-state index contributed by atoms with van der Waals surface area (Å²) >= 11 is 6.14. The minimum absolute atomic E-state index is 0.423. The van der Waals surface area contributed by atoms with E-state index < -0.39 is 0 Å². The van der Waals surface area contributed by atoms with E-state index in [9.17, 15) is 0 Å². The molecule has 0 bridgehead atoms. The summed E-state index contributed by atoms with van der Waals surface area (Å²) in [5.41, 5.74) is 0.474. The van der Waals surface area contributed by atoms with Crippen molar-refractivity contribution in [1.82, 2.24) is 0 Å². The van der Waals surface area contributed by atoms with Gasteiger partial charge in [0, 0.05) is 12.0 Å². The van der Waals surface area contributed by atoms with Crippen molar-refractivity contribution in [3.05, 3.63) is 0 Å². The average Bonchev–Trinajstić information content (AvgIpc) is 2.62. The predicted octanol–water partition coefficient (Wildman–Crippen LogP) is 3.35. The molecule has 2 fully saturated rings. The van der Waals surface area contributed by atoms with E-state index in [4.69, 9.17) is 16.3 Å². The molecule has 0 amide bonds. The van der Waals surface area contributed by atoms with Gasteiger partial charge in [0.2, 0.25) is 0 Å². The molecule has 0 aromatic rings. The molecule has 0 aromatic carbocycles. The Morgan fingerprint density at radius 3 is 2.85 bits per heavy atom. The molecule has 0 aromatic heterocycles. The summed E-state index contributed by atoms with van der Waals surface area (Å²) in [6, 6.07) is 0. The summed E-state index contributed by atoms with van der Waals surface area (Å²) in [7, 11) is 0. The molecule has 3 unspecified atom stereocenters. The number of alkyl halides is 1. The fourth-order valence-corrected chi connectivity index (χ4v) is 3.27. The van der Waals surface area contributed by atoms with Crippen LogP contribution < -0.4 is 0 Å². The van der Waals surface area contributed by atoms with Gasteiger partial charge in [-0.3, -0.25) is 0 Å². The second-order valence-electron chi connectivity index (χ2n) is 4.99. The van der Waals surface area contributed by atoms with Crippen LogP contribution >= 0.6 is 11.6 Å². The van der Waals surface area contributed by atoms with Crippen LogP contribution in [0.1, 0.15) is 45.4 Å². The maximum Gasteiger partial charge on any atom is 0.0581 e. The Bertz CT molecular complexity index is 177. The Morgan fingerprint density at radius 1 is 1.46 bits per heavy atom. The first-order chi connectivity index (χ1) is 6.18. The van der Waals surface area contributed by atoms with Crippen LogP contribution in [0, 0.1) is 5.41 Å². The largest absolute Gasteiger partial charge is 0.378 e. The second kappa shape index (κ2) is 3.78. The fraction of sp³-hybridized carbons (Fsp3) is 1.00. The molecule has 1 nitrogen and oxygen atoms in total. The topological polar surface area (TPSA) is 9.23 Å². The van der Waals surface area contributed by atoms with Gasteiger partial charge >= 0.3 is 0 Å². The zero-order valence-corrected chi connectivity index (χ0v) is 9.15. The van der Waals surface area contributed by atoms with Crippen LogP contribution in [0.15, 0.2) is 0 Å². The summed E-state index contributed by atoms with van der Waals surface area (Å²) in [4.78, 5) is 0. The first kappa shape index (κ1) is 9.79. The van der Waals surface area contributed by atoms with Crippen molar-refractivity contribution in [3.63, 3.8) is 0 Å². The van der Waals surface area contributed by atoms with E-state index in [0.717, 1.165) is 6.61 Å². The molecule has 0 radical (unpaired) electrons. The van der Waals surface area contributed by atoms with Crippen molar-refractivity contribution >= 4 is 11.6 Å². The molecule has 0 N–H and O–H groups in total. The molecule has 1 saturated carbocycles. The third kappa shape index (κ3) is 2.38. The Kier molecular flexibility index (Phi) is 2.85. The molecule has 2 aliphatic rings. The van der Waals surface area contributed by atoms with Gasteiger partial charge in [0.1, 0.15) is 0 Å². The molecule has 3 atom stereocenters. The Labute approximate surface area is 85.8 Å². The minimum Gasteiger partial charge on any atom is -0.378 e. The van der Waals surface area contributed by atoms with Gasteiger partial charge < -0.3 is 4.74 Å². The third-order valence-corrected chi connectivity index (χ3v) is 3.89. The molecular formula is C11H19ClO. The van der Waals surface area contributed by atoms with Gasteiger partial charge in [0.15, 0.2) is 0 Å². The van der Waals surface area contributed by atoms with E-state index >= 15 is 0 Å². The van der Waals surface area contributed by atoms with Crippen molar-refractivity contribution in [3.8, 4) is 0 Å². The van der Waals surface area contributed by atoms with Crippen LogP contribution in [0.3, 0.4) is 0 Å². The Hall–Kier alpha value is 0.250. The summed E-state index contributed by atoms with van der Waals surface area (Å²) in [6.07, 6.45) is 7.97. The zero-order chi connectivity index (χ0) is 9.31. The molecule has 2 rings (SSSR count). The maximum atomic E-state index is 6.14. The van der Waals surface area contributed by atoms with E-state index in [-0.39, 0.29) is 0 Å². The van der Waals surface area contributed by atoms with E-state index in [0.29, 0.717) is 16.9 Å². The molecule has 2 heteroatoms. The highest BCUT2D eigenvalue weighted by Gasteiger charge is 2.36. The molecule has 1 aliphatic heterocycles. The van der Waals surface area contributed by atoms with Crippen LogP contribution in [0.25, 0.3) is 0 Å². The molecule has 13 heavy (non-hydrogen) atoms. The SMILES string of the molecule is CC1(CC2CCCO2)CCC(Cl)C1. The number of rotatable bonds is 2. The maximum absolute atomic E-state index is 6.14. The summed E-state index contributed by atoms with van der Waals surface area (Å²) in [5, 5.41) is 0.423. The summed E-state index contributed by atoms with van der Waals surface area (Å²) < 4.78 is 5.67. The highest BCUT2D eigenvalue weighted by atomic mass is 35.5. The first-order valence-corrected chi connectivity index (χ1v) is 5.87. The number of ether oxygens (including phenoxy) is 1. The van der Waals surface area contributed by atoms with Crippen LogP contribution in [0.2, 0.25) is 0 Å². The third-order valence-electron chi connectivity index (χ3n) is 3.52. The lowest BCUT2D eigenvalue weighted by atomic mass is 9.82. The smallest absolute Gasteiger partial charge is 0.0581 e. The lowest BCUT2D eigenvalue weighted by molar-refractivity contribution is 0.0682. The van der Waals surface area contributed by atoms with Crippen LogP contribution in [0.5, 0.6) is 0 Å². The van der Waals surface area contributed by atoms with Gasteiger partial charge in [-0.15, -0.1) is 11.6 Å². The van der Waals surface area contributed by atoms with E-state index in [1.807, 2.05) is 0 Å². The highest BCUT2D eigenvalue weighted by Crippen LogP contribution is 2.45. The minimum atomic E-state index is 0.423. The van der Waals surface area contributed by atoms with Crippen molar-refractivity contribution in [2.24, 2.45) is 5.41 Å². The van der Waals surface area contributed by atoms with Crippen LogP contribution in [-0.4, -0.2) is 18.1 Å². The molecule has 0 spiro atoms. The van der Waals surface area contributed by atoms with E-state index in [1.54, 1.807) is 0 Å². The lowest BCUT2D eigenvalue weighted by Crippen LogP contribution is -2.20. The zero-order valence-electron chi connectivity index (χ0n) is 8.39. The number of hydrogen-bond acceptors (Lipinski definition) is 1. The van der Waals surface area contributed by atoms with E-state index in [1.165, 1.54) is 38.5 Å².